The number of hydrazine groups is 1. The number of aryl methyl sites for hydroxylation is 2. The summed E-state index contributed by atoms with van der Waals surface area (Å²) in [5.74, 6) is 0.772. The van der Waals surface area contributed by atoms with Gasteiger partial charge < -0.3 is 9.47 Å². The SMILES string of the molecule is CCOc1ccc(O[C@@H](C)C(=O)NNC(=O)CSc2cc(C)ccc2C)cc1. The molecule has 0 saturated carbocycles. The van der Waals surface area contributed by atoms with Crippen LogP contribution in [0.25, 0.3) is 0 Å². The van der Waals surface area contributed by atoms with Gasteiger partial charge >= 0.3 is 0 Å². The lowest BCUT2D eigenvalue weighted by Crippen LogP contribution is -2.47. The molecule has 2 aromatic carbocycles. The van der Waals surface area contributed by atoms with Crippen LogP contribution >= 0.6 is 11.8 Å². The summed E-state index contributed by atoms with van der Waals surface area (Å²) in [7, 11) is 0. The Hall–Kier alpha value is -2.67. The molecule has 7 heteroatoms. The van der Waals surface area contributed by atoms with Gasteiger partial charge in [-0.3, -0.25) is 20.4 Å². The number of ether oxygens (including phenoxy) is 2. The molecule has 0 radical (unpaired) electrons. The molecular formula is C21H26N2O4S. The predicted octanol–water partition coefficient (Wildman–Crippen LogP) is 3.41. The average Bonchev–Trinajstić information content (AvgIpc) is 2.68. The minimum atomic E-state index is -0.759. The molecule has 0 aromatic heterocycles. The maximum Gasteiger partial charge on any atom is 0.279 e. The highest BCUT2D eigenvalue weighted by atomic mass is 32.2. The van der Waals surface area contributed by atoms with E-state index in [1.807, 2.05) is 39.0 Å². The van der Waals surface area contributed by atoms with Crippen LogP contribution < -0.4 is 20.3 Å². The molecule has 0 bridgehead atoms. The second-order valence-corrected chi connectivity index (χ2v) is 7.28. The summed E-state index contributed by atoms with van der Waals surface area (Å²) in [6, 6.07) is 13.1. The zero-order chi connectivity index (χ0) is 20.5. The minimum Gasteiger partial charge on any atom is -0.494 e. The highest BCUT2D eigenvalue weighted by Crippen LogP contribution is 2.23. The lowest BCUT2D eigenvalue weighted by Gasteiger charge is -2.15. The van der Waals surface area contributed by atoms with Crippen molar-refractivity contribution < 1.29 is 19.1 Å². The van der Waals surface area contributed by atoms with Crippen molar-refractivity contribution in [1.29, 1.82) is 0 Å². The second kappa shape index (κ2) is 10.6. The summed E-state index contributed by atoms with van der Waals surface area (Å²) in [6.07, 6.45) is -0.759. The molecule has 0 saturated heterocycles. The average molecular weight is 403 g/mol. The minimum absolute atomic E-state index is 0.207. The summed E-state index contributed by atoms with van der Waals surface area (Å²) < 4.78 is 10.9. The van der Waals surface area contributed by atoms with Crippen molar-refractivity contribution in [2.24, 2.45) is 0 Å². The largest absolute Gasteiger partial charge is 0.494 e. The van der Waals surface area contributed by atoms with E-state index in [-0.39, 0.29) is 11.7 Å². The zero-order valence-corrected chi connectivity index (χ0v) is 17.4. The van der Waals surface area contributed by atoms with Crippen LogP contribution in [-0.2, 0) is 9.59 Å². The number of carbonyl (C=O) groups is 2. The van der Waals surface area contributed by atoms with E-state index in [1.54, 1.807) is 31.2 Å². The van der Waals surface area contributed by atoms with Gasteiger partial charge in [0, 0.05) is 4.90 Å². The summed E-state index contributed by atoms with van der Waals surface area (Å²) in [5, 5.41) is 0. The Labute approximate surface area is 170 Å². The maximum atomic E-state index is 12.1. The third-order valence-corrected chi connectivity index (χ3v) is 5.00. The molecule has 2 aromatic rings. The first-order chi connectivity index (χ1) is 13.4. The number of nitrogens with one attached hydrogen (secondary N) is 2. The number of amides is 2. The number of hydrogen-bond acceptors (Lipinski definition) is 5. The van der Waals surface area contributed by atoms with E-state index in [9.17, 15) is 9.59 Å². The summed E-state index contributed by atoms with van der Waals surface area (Å²) in [4.78, 5) is 25.2. The fourth-order valence-electron chi connectivity index (χ4n) is 2.31. The summed E-state index contributed by atoms with van der Waals surface area (Å²) in [6.45, 7) is 8.12. The molecule has 0 spiro atoms. The Bertz CT molecular complexity index is 809. The molecule has 6 nitrogen and oxygen atoms in total. The van der Waals surface area contributed by atoms with Crippen LogP contribution in [0.3, 0.4) is 0 Å². The summed E-state index contributed by atoms with van der Waals surface area (Å²) in [5.41, 5.74) is 7.07. The second-order valence-electron chi connectivity index (χ2n) is 6.26. The first kappa shape index (κ1) is 21.6. The van der Waals surface area contributed by atoms with E-state index < -0.39 is 12.0 Å². The van der Waals surface area contributed by atoms with Crippen LogP contribution in [0.5, 0.6) is 11.5 Å². The van der Waals surface area contributed by atoms with Gasteiger partial charge in [-0.15, -0.1) is 11.8 Å². The molecular weight excluding hydrogens is 376 g/mol. The van der Waals surface area contributed by atoms with Gasteiger partial charge in [-0.1, -0.05) is 17.7 Å². The Morgan fingerprint density at radius 1 is 1.04 bits per heavy atom. The van der Waals surface area contributed by atoms with Crippen molar-refractivity contribution >= 4 is 23.6 Å². The number of rotatable bonds is 8. The Morgan fingerprint density at radius 3 is 2.39 bits per heavy atom. The van der Waals surface area contributed by atoms with E-state index in [2.05, 4.69) is 10.9 Å². The van der Waals surface area contributed by atoms with Gasteiger partial charge in [0.25, 0.3) is 5.91 Å². The standard InChI is InChI=1S/C21H26N2O4S/c1-5-26-17-8-10-18(11-9-17)27-16(4)21(25)23-22-20(24)13-28-19-12-14(2)6-7-15(19)3/h6-12,16H,5,13H2,1-4H3,(H,22,24)(H,23,25)/t16-/m0/s1. The van der Waals surface area contributed by atoms with Crippen molar-refractivity contribution in [2.75, 3.05) is 12.4 Å². The highest BCUT2D eigenvalue weighted by molar-refractivity contribution is 8.00. The zero-order valence-electron chi connectivity index (χ0n) is 16.6. The lowest BCUT2D eigenvalue weighted by molar-refractivity contribution is -0.131. The molecule has 0 fully saturated rings. The first-order valence-electron chi connectivity index (χ1n) is 9.07. The van der Waals surface area contributed by atoms with Gasteiger partial charge in [-0.25, -0.2) is 0 Å². The molecule has 28 heavy (non-hydrogen) atoms. The van der Waals surface area contributed by atoms with Gasteiger partial charge in [0.2, 0.25) is 5.91 Å². The third kappa shape index (κ3) is 6.81. The maximum absolute atomic E-state index is 12.1. The van der Waals surface area contributed by atoms with Crippen molar-refractivity contribution in [3.8, 4) is 11.5 Å². The van der Waals surface area contributed by atoms with Crippen molar-refractivity contribution in [3.05, 3.63) is 53.6 Å². The van der Waals surface area contributed by atoms with E-state index >= 15 is 0 Å². The fourth-order valence-corrected chi connectivity index (χ4v) is 3.24. The van der Waals surface area contributed by atoms with Gasteiger partial charge in [0.05, 0.1) is 12.4 Å². The topological polar surface area (TPSA) is 76.7 Å². The number of hydrogen-bond donors (Lipinski definition) is 2. The van der Waals surface area contributed by atoms with E-state index in [0.717, 1.165) is 21.8 Å². The molecule has 150 valence electrons. The Kier molecular flexibility index (Phi) is 8.19. The normalized spacial score (nSPS) is 11.4. The van der Waals surface area contributed by atoms with Gasteiger partial charge in [0.15, 0.2) is 6.10 Å². The van der Waals surface area contributed by atoms with E-state index in [0.29, 0.717) is 12.4 Å². The highest BCUT2D eigenvalue weighted by Gasteiger charge is 2.15. The monoisotopic (exact) mass is 402 g/mol. The van der Waals surface area contributed by atoms with Crippen LogP contribution in [0.4, 0.5) is 0 Å². The Balaban J connectivity index is 1.75. The van der Waals surface area contributed by atoms with Gasteiger partial charge in [0.1, 0.15) is 11.5 Å². The molecule has 2 N–H and O–H groups in total. The van der Waals surface area contributed by atoms with Gasteiger partial charge in [-0.2, -0.15) is 0 Å². The van der Waals surface area contributed by atoms with Crippen LogP contribution in [0, 0.1) is 13.8 Å². The fraction of sp³-hybridized carbons (Fsp3) is 0.333. The van der Waals surface area contributed by atoms with E-state index in [1.165, 1.54) is 11.8 Å². The van der Waals surface area contributed by atoms with Gasteiger partial charge in [-0.05, 0) is 63.6 Å². The molecule has 0 unspecified atom stereocenters. The van der Waals surface area contributed by atoms with Crippen molar-refractivity contribution in [3.63, 3.8) is 0 Å². The number of thioether (sulfide) groups is 1. The molecule has 2 rings (SSSR count). The first-order valence-corrected chi connectivity index (χ1v) is 10.1. The molecule has 0 aliphatic carbocycles. The molecule has 0 heterocycles. The predicted molar refractivity (Wildman–Crippen MR) is 111 cm³/mol. The Morgan fingerprint density at radius 2 is 1.71 bits per heavy atom. The van der Waals surface area contributed by atoms with Crippen LogP contribution in [0.2, 0.25) is 0 Å². The summed E-state index contributed by atoms with van der Waals surface area (Å²) >= 11 is 1.43. The quantitative estimate of drug-likeness (QED) is 0.523. The number of benzene rings is 2. The lowest BCUT2D eigenvalue weighted by atomic mass is 10.2. The number of carbonyl (C=O) groups excluding carboxylic acids is 2. The van der Waals surface area contributed by atoms with Crippen LogP contribution in [0.1, 0.15) is 25.0 Å². The van der Waals surface area contributed by atoms with Crippen molar-refractivity contribution in [1.82, 2.24) is 10.9 Å². The van der Waals surface area contributed by atoms with Crippen LogP contribution in [-0.4, -0.2) is 30.3 Å². The molecule has 0 aliphatic heterocycles. The van der Waals surface area contributed by atoms with E-state index in [4.69, 9.17) is 9.47 Å². The smallest absolute Gasteiger partial charge is 0.279 e. The van der Waals surface area contributed by atoms with Crippen molar-refractivity contribution in [2.45, 2.75) is 38.7 Å². The third-order valence-electron chi connectivity index (χ3n) is 3.84. The van der Waals surface area contributed by atoms with Crippen LogP contribution in [0.15, 0.2) is 47.4 Å². The molecule has 2 amide bonds. The molecule has 0 aliphatic rings. The molecule has 1 atom stereocenters.